The Hall–Kier alpha value is -7.07. The van der Waals surface area contributed by atoms with Crippen LogP contribution in [0.2, 0.25) is 0 Å². The van der Waals surface area contributed by atoms with Gasteiger partial charge in [-0.2, -0.15) is 0 Å². The lowest BCUT2D eigenvalue weighted by molar-refractivity contribution is 0.692. The van der Waals surface area contributed by atoms with E-state index in [1.165, 1.54) is 104 Å². The van der Waals surface area contributed by atoms with Crippen molar-refractivity contribution in [2.75, 3.05) is 0 Å². The van der Waals surface area contributed by atoms with Crippen LogP contribution < -0.4 is 0 Å². The van der Waals surface area contributed by atoms with Crippen LogP contribution in [0.4, 0.5) is 0 Å². The molecule has 2 aliphatic rings. The number of fused-ring (bicyclic) bond motifs is 15. The van der Waals surface area contributed by atoms with Gasteiger partial charge >= 0.3 is 0 Å². The van der Waals surface area contributed by atoms with Gasteiger partial charge in [-0.15, -0.1) is 0 Å². The highest BCUT2D eigenvalue weighted by Gasteiger charge is 2.50. The Morgan fingerprint density at radius 1 is 0.362 bits per heavy atom. The summed E-state index contributed by atoms with van der Waals surface area (Å²) in [5.41, 5.74) is 17.0. The molecule has 9 aromatic carbocycles. The van der Waals surface area contributed by atoms with Gasteiger partial charge in [-0.3, -0.25) is 0 Å². The van der Waals surface area contributed by atoms with Crippen molar-refractivity contribution in [3.63, 3.8) is 0 Å². The van der Waals surface area contributed by atoms with E-state index in [0.717, 1.165) is 5.69 Å². The van der Waals surface area contributed by atoms with Crippen LogP contribution in [0.1, 0.15) is 22.3 Å². The summed E-state index contributed by atoms with van der Waals surface area (Å²) in [4.78, 5) is 2.62. The predicted octanol–water partition coefficient (Wildman–Crippen LogP) is 14.4. The van der Waals surface area contributed by atoms with E-state index in [9.17, 15) is 0 Å². The molecule has 13 rings (SSSR count). The van der Waals surface area contributed by atoms with Crippen LogP contribution in [0.5, 0.6) is 0 Å². The second-order valence-electron chi connectivity index (χ2n) is 15.6. The number of rotatable bonds is 3. The molecule has 0 saturated heterocycles. The summed E-state index contributed by atoms with van der Waals surface area (Å²) < 4.78 is 5.03. The molecule has 0 N–H and O–H groups in total. The van der Waals surface area contributed by atoms with Gasteiger partial charge in [0.15, 0.2) is 0 Å². The highest BCUT2D eigenvalue weighted by atomic mass is 32.2. The van der Waals surface area contributed by atoms with Gasteiger partial charge in [0.05, 0.1) is 33.2 Å². The molecule has 1 atom stereocenters. The predicted molar refractivity (Wildman–Crippen MR) is 242 cm³/mol. The van der Waals surface area contributed by atoms with Crippen molar-refractivity contribution < 1.29 is 0 Å². The van der Waals surface area contributed by atoms with Crippen LogP contribution in [-0.2, 0) is 5.41 Å². The standard InChI is InChI=1S/C55H34N2S/c1-3-16-35(17-4-1)37-32-38(36-18-5-2-6-19-36)34-39(33-37)56-48-27-12-8-21-42(48)52-50(56)31-30-46-54(52)58-51-29-14-10-24-44(51)55(46)43-23-9-13-28-49(43)57-47-26-11-7-20-40(47)41-22-15-25-45(55)53(41)57/h1-34H. The third-order valence-electron chi connectivity index (χ3n) is 12.7. The van der Waals surface area contributed by atoms with Gasteiger partial charge in [0, 0.05) is 37.0 Å². The zero-order valence-electron chi connectivity index (χ0n) is 31.4. The summed E-state index contributed by atoms with van der Waals surface area (Å²) in [5, 5.41) is 5.15. The molecule has 2 aliphatic heterocycles. The van der Waals surface area contributed by atoms with Crippen molar-refractivity contribution in [2.24, 2.45) is 0 Å². The van der Waals surface area contributed by atoms with Crippen LogP contribution in [0, 0.1) is 0 Å². The molecule has 0 radical (unpaired) electrons. The normalized spacial score (nSPS) is 15.2. The minimum absolute atomic E-state index is 0.539. The molecule has 4 heterocycles. The van der Waals surface area contributed by atoms with E-state index < -0.39 is 5.41 Å². The molecule has 0 fully saturated rings. The maximum Gasteiger partial charge on any atom is 0.0764 e. The minimum Gasteiger partial charge on any atom is -0.309 e. The second-order valence-corrected chi connectivity index (χ2v) is 16.7. The molecule has 2 nitrogen and oxygen atoms in total. The lowest BCUT2D eigenvalue weighted by atomic mass is 9.62. The molecular formula is C55H34N2S. The van der Waals surface area contributed by atoms with E-state index >= 15 is 0 Å². The number of aromatic nitrogens is 2. The fourth-order valence-electron chi connectivity index (χ4n) is 10.4. The van der Waals surface area contributed by atoms with Crippen molar-refractivity contribution in [1.82, 2.24) is 9.13 Å². The summed E-state index contributed by atoms with van der Waals surface area (Å²) in [7, 11) is 0. The fraction of sp³-hybridized carbons (Fsp3) is 0.0182. The lowest BCUT2D eigenvalue weighted by Gasteiger charge is -2.45. The minimum atomic E-state index is -0.539. The first kappa shape index (κ1) is 32.1. The zero-order valence-corrected chi connectivity index (χ0v) is 32.2. The number of para-hydroxylation sites is 4. The highest BCUT2D eigenvalue weighted by molar-refractivity contribution is 7.99. The molecule has 11 aromatic rings. The van der Waals surface area contributed by atoms with Crippen LogP contribution in [-0.4, -0.2) is 9.13 Å². The number of nitrogens with zero attached hydrogens (tertiary/aromatic N) is 2. The van der Waals surface area contributed by atoms with Gasteiger partial charge < -0.3 is 9.13 Å². The quantitative estimate of drug-likeness (QED) is 0.175. The van der Waals surface area contributed by atoms with E-state index in [-0.39, 0.29) is 0 Å². The monoisotopic (exact) mass is 754 g/mol. The maximum absolute atomic E-state index is 2.53. The zero-order chi connectivity index (χ0) is 38.0. The third kappa shape index (κ3) is 4.18. The first-order chi connectivity index (χ1) is 28.8. The Morgan fingerprint density at radius 2 is 0.948 bits per heavy atom. The van der Waals surface area contributed by atoms with Crippen LogP contribution >= 0.6 is 11.8 Å². The van der Waals surface area contributed by atoms with Gasteiger partial charge in [-0.1, -0.05) is 169 Å². The van der Waals surface area contributed by atoms with E-state index in [4.69, 9.17) is 0 Å². The Labute approximate surface area is 340 Å². The van der Waals surface area contributed by atoms with Crippen LogP contribution in [0.15, 0.2) is 216 Å². The molecule has 0 bridgehead atoms. The number of benzene rings is 9. The first-order valence-corrected chi connectivity index (χ1v) is 20.8. The third-order valence-corrected chi connectivity index (χ3v) is 13.9. The molecule has 1 unspecified atom stereocenters. The Bertz CT molecular complexity index is 3430. The second kappa shape index (κ2) is 12.0. The summed E-state index contributed by atoms with van der Waals surface area (Å²) in [5.74, 6) is 0. The first-order valence-electron chi connectivity index (χ1n) is 20.0. The Kier molecular flexibility index (Phi) is 6.62. The smallest absolute Gasteiger partial charge is 0.0764 e. The van der Waals surface area contributed by atoms with Crippen LogP contribution in [0.25, 0.3) is 77.2 Å². The molecule has 3 heteroatoms. The maximum atomic E-state index is 2.53. The van der Waals surface area contributed by atoms with E-state index in [1.807, 2.05) is 11.8 Å². The van der Waals surface area contributed by atoms with Gasteiger partial charge in [0.1, 0.15) is 0 Å². The van der Waals surface area contributed by atoms with Gasteiger partial charge in [0.25, 0.3) is 0 Å². The largest absolute Gasteiger partial charge is 0.309 e. The van der Waals surface area contributed by atoms with E-state index in [1.54, 1.807) is 0 Å². The fourth-order valence-corrected chi connectivity index (χ4v) is 11.8. The molecule has 0 aliphatic carbocycles. The summed E-state index contributed by atoms with van der Waals surface area (Å²) in [6, 6.07) is 76.7. The Morgan fingerprint density at radius 3 is 1.71 bits per heavy atom. The number of hydrogen-bond acceptors (Lipinski definition) is 1. The summed E-state index contributed by atoms with van der Waals surface area (Å²) >= 11 is 1.93. The van der Waals surface area contributed by atoms with E-state index in [0.29, 0.717) is 0 Å². The Balaban J connectivity index is 1.16. The van der Waals surface area contributed by atoms with Crippen molar-refractivity contribution in [3.8, 4) is 33.6 Å². The molecule has 270 valence electrons. The molecule has 2 aromatic heterocycles. The SMILES string of the molecule is c1ccc(-c2cc(-c3ccccc3)cc(-n3c4ccccc4c4c5c(ccc43)C3(c4ccccc4S5)c4ccccc4-n4c5ccccc5c5cccc3c54)c2)cc1. The van der Waals surface area contributed by atoms with Crippen LogP contribution in [0.3, 0.4) is 0 Å². The van der Waals surface area contributed by atoms with Crippen molar-refractivity contribution in [3.05, 3.63) is 229 Å². The van der Waals surface area contributed by atoms with E-state index in [2.05, 4.69) is 215 Å². The molecule has 1 spiro atoms. The average Bonchev–Trinajstić information content (AvgIpc) is 3.82. The summed E-state index contributed by atoms with van der Waals surface area (Å²) in [6.45, 7) is 0. The van der Waals surface area contributed by atoms with Gasteiger partial charge in [-0.05, 0) is 93.0 Å². The molecule has 0 amide bonds. The van der Waals surface area contributed by atoms with Crippen molar-refractivity contribution in [1.29, 1.82) is 0 Å². The number of hydrogen-bond donors (Lipinski definition) is 0. The van der Waals surface area contributed by atoms with Crippen molar-refractivity contribution in [2.45, 2.75) is 15.2 Å². The van der Waals surface area contributed by atoms with Gasteiger partial charge in [0.2, 0.25) is 0 Å². The van der Waals surface area contributed by atoms with Gasteiger partial charge in [-0.25, -0.2) is 0 Å². The lowest BCUT2D eigenvalue weighted by Crippen LogP contribution is -2.37. The average molecular weight is 755 g/mol. The van der Waals surface area contributed by atoms with Crippen molar-refractivity contribution >= 4 is 55.4 Å². The summed E-state index contributed by atoms with van der Waals surface area (Å²) in [6.07, 6.45) is 0. The topological polar surface area (TPSA) is 9.86 Å². The highest BCUT2D eigenvalue weighted by Crippen LogP contribution is 2.62. The molecular weight excluding hydrogens is 721 g/mol. The molecule has 0 saturated carbocycles. The molecule has 58 heavy (non-hydrogen) atoms.